The number of hydrogen-bond acceptors (Lipinski definition) is 3. The Balaban J connectivity index is 2.20. The fourth-order valence-electron chi connectivity index (χ4n) is 1.72. The summed E-state index contributed by atoms with van der Waals surface area (Å²) in [4.78, 5) is 1.34. The first-order valence-corrected chi connectivity index (χ1v) is 6.08. The van der Waals surface area contributed by atoms with Crippen LogP contribution in [0.2, 0.25) is 0 Å². The average molecular weight is 209 g/mol. The number of nitrogens with one attached hydrogen (secondary N) is 1. The van der Waals surface area contributed by atoms with Gasteiger partial charge in [-0.15, -0.1) is 11.8 Å². The number of hydrogen-bond donors (Lipinski definition) is 1. The van der Waals surface area contributed by atoms with Crippen LogP contribution in [0.4, 0.5) is 0 Å². The molecule has 1 fully saturated rings. The van der Waals surface area contributed by atoms with E-state index in [-0.39, 0.29) is 0 Å². The monoisotopic (exact) mass is 209 g/mol. The lowest BCUT2D eigenvalue weighted by molar-refractivity contribution is 0.0761. The molecule has 0 aliphatic carbocycles. The van der Waals surface area contributed by atoms with Gasteiger partial charge >= 0.3 is 0 Å². The van der Waals surface area contributed by atoms with Gasteiger partial charge < -0.3 is 10.1 Å². The molecular formula is C11H15NOS. The minimum Gasteiger partial charge on any atom is -0.378 e. The van der Waals surface area contributed by atoms with Crippen LogP contribution in [0.3, 0.4) is 0 Å². The predicted molar refractivity (Wildman–Crippen MR) is 59.8 cm³/mol. The van der Waals surface area contributed by atoms with E-state index in [9.17, 15) is 0 Å². The highest BCUT2D eigenvalue weighted by atomic mass is 32.2. The summed E-state index contributed by atoms with van der Waals surface area (Å²) < 4.78 is 5.46. The van der Waals surface area contributed by atoms with Crippen molar-refractivity contribution in [3.63, 3.8) is 0 Å². The van der Waals surface area contributed by atoms with E-state index in [0.717, 1.165) is 19.8 Å². The minimum absolute atomic E-state index is 0.368. The quantitative estimate of drug-likeness (QED) is 0.753. The van der Waals surface area contributed by atoms with E-state index >= 15 is 0 Å². The number of benzene rings is 1. The highest BCUT2D eigenvalue weighted by Crippen LogP contribution is 2.26. The maximum Gasteiger partial charge on any atom is 0.0662 e. The molecule has 2 nitrogen and oxygen atoms in total. The Hall–Kier alpha value is -0.510. The average Bonchev–Trinajstić information content (AvgIpc) is 2.30. The molecule has 1 heterocycles. The van der Waals surface area contributed by atoms with Crippen molar-refractivity contribution in [1.82, 2.24) is 5.32 Å². The summed E-state index contributed by atoms with van der Waals surface area (Å²) in [6.07, 6.45) is 2.11. The Kier molecular flexibility index (Phi) is 3.45. The smallest absolute Gasteiger partial charge is 0.0662 e. The highest BCUT2D eigenvalue weighted by molar-refractivity contribution is 7.98. The topological polar surface area (TPSA) is 21.3 Å². The third-order valence-electron chi connectivity index (χ3n) is 2.44. The second-order valence-electron chi connectivity index (χ2n) is 3.32. The second-order valence-corrected chi connectivity index (χ2v) is 4.17. The Morgan fingerprint density at radius 1 is 1.43 bits per heavy atom. The van der Waals surface area contributed by atoms with Gasteiger partial charge in [-0.25, -0.2) is 0 Å². The maximum absolute atomic E-state index is 5.46. The van der Waals surface area contributed by atoms with Gasteiger partial charge in [0, 0.05) is 11.4 Å². The summed E-state index contributed by atoms with van der Waals surface area (Å²) in [5, 5.41) is 3.47. The molecular weight excluding hydrogens is 194 g/mol. The largest absolute Gasteiger partial charge is 0.378 e. The third kappa shape index (κ3) is 2.11. The van der Waals surface area contributed by atoms with E-state index in [1.54, 1.807) is 11.8 Å². The van der Waals surface area contributed by atoms with Crippen LogP contribution < -0.4 is 5.32 Å². The molecule has 1 saturated heterocycles. The van der Waals surface area contributed by atoms with Gasteiger partial charge in [0.2, 0.25) is 0 Å². The molecule has 2 rings (SSSR count). The van der Waals surface area contributed by atoms with E-state index in [0.29, 0.717) is 6.04 Å². The van der Waals surface area contributed by atoms with Crippen molar-refractivity contribution < 1.29 is 4.74 Å². The minimum atomic E-state index is 0.368. The number of rotatable bonds is 2. The van der Waals surface area contributed by atoms with Crippen molar-refractivity contribution >= 4 is 11.8 Å². The summed E-state index contributed by atoms with van der Waals surface area (Å²) in [7, 11) is 0. The lowest BCUT2D eigenvalue weighted by Gasteiger charge is -2.25. The summed E-state index contributed by atoms with van der Waals surface area (Å²) >= 11 is 1.79. The molecule has 14 heavy (non-hydrogen) atoms. The van der Waals surface area contributed by atoms with E-state index in [2.05, 4.69) is 35.8 Å². The molecule has 0 saturated carbocycles. The number of thioether (sulfide) groups is 1. The molecule has 0 unspecified atom stereocenters. The summed E-state index contributed by atoms with van der Waals surface area (Å²) in [5.41, 5.74) is 1.36. The second kappa shape index (κ2) is 4.82. The van der Waals surface area contributed by atoms with Gasteiger partial charge in [0.25, 0.3) is 0 Å². The number of ether oxygens (including phenoxy) is 1. The van der Waals surface area contributed by atoms with Crippen LogP contribution in [0.5, 0.6) is 0 Å². The molecule has 0 aromatic heterocycles. The molecule has 0 radical (unpaired) electrons. The first-order valence-electron chi connectivity index (χ1n) is 4.86. The molecule has 3 heteroatoms. The highest BCUT2D eigenvalue weighted by Gasteiger charge is 2.17. The zero-order valence-electron chi connectivity index (χ0n) is 8.32. The summed E-state index contributed by atoms with van der Waals surface area (Å²) in [6.45, 7) is 2.57. The SMILES string of the molecule is CSc1ccccc1[C@@H]1COCCN1. The molecule has 1 atom stereocenters. The van der Waals surface area contributed by atoms with Crippen molar-refractivity contribution in [3.05, 3.63) is 29.8 Å². The predicted octanol–water partition coefficient (Wildman–Crippen LogP) is 2.07. The fourth-order valence-corrected chi connectivity index (χ4v) is 2.38. The van der Waals surface area contributed by atoms with Crippen molar-refractivity contribution in [1.29, 1.82) is 0 Å². The molecule has 1 aromatic carbocycles. The zero-order chi connectivity index (χ0) is 9.80. The molecule has 0 spiro atoms. The standard InChI is InChI=1S/C11H15NOS/c1-14-11-5-3-2-4-9(11)10-8-13-7-6-12-10/h2-5,10,12H,6-8H2,1H3/t10-/m0/s1. The van der Waals surface area contributed by atoms with Crippen LogP contribution in [0.15, 0.2) is 29.2 Å². The lowest BCUT2D eigenvalue weighted by atomic mass is 10.1. The first-order chi connectivity index (χ1) is 6.92. The van der Waals surface area contributed by atoms with Crippen molar-refractivity contribution in [3.8, 4) is 0 Å². The molecule has 0 bridgehead atoms. The van der Waals surface area contributed by atoms with Gasteiger partial charge in [0.15, 0.2) is 0 Å². The molecule has 1 aromatic rings. The van der Waals surface area contributed by atoms with Crippen LogP contribution in [0.25, 0.3) is 0 Å². The van der Waals surface area contributed by atoms with Gasteiger partial charge in [-0.05, 0) is 17.9 Å². The van der Waals surface area contributed by atoms with Gasteiger partial charge in [-0.3, -0.25) is 0 Å². The Bertz CT molecular complexity index is 297. The van der Waals surface area contributed by atoms with Crippen LogP contribution in [0, 0.1) is 0 Å². The first kappa shape index (κ1) is 10.0. The van der Waals surface area contributed by atoms with Gasteiger partial charge in [-0.1, -0.05) is 18.2 Å². The molecule has 1 N–H and O–H groups in total. The van der Waals surface area contributed by atoms with Crippen LogP contribution >= 0.6 is 11.8 Å². The fraction of sp³-hybridized carbons (Fsp3) is 0.455. The Morgan fingerprint density at radius 3 is 3.00 bits per heavy atom. The van der Waals surface area contributed by atoms with E-state index in [4.69, 9.17) is 4.74 Å². The maximum atomic E-state index is 5.46. The van der Waals surface area contributed by atoms with Crippen LogP contribution in [0.1, 0.15) is 11.6 Å². The third-order valence-corrected chi connectivity index (χ3v) is 3.25. The van der Waals surface area contributed by atoms with Crippen LogP contribution in [-0.2, 0) is 4.74 Å². The van der Waals surface area contributed by atoms with Crippen molar-refractivity contribution in [2.75, 3.05) is 26.0 Å². The van der Waals surface area contributed by atoms with Gasteiger partial charge in [0.1, 0.15) is 0 Å². The lowest BCUT2D eigenvalue weighted by Crippen LogP contribution is -2.34. The molecule has 1 aliphatic heterocycles. The van der Waals surface area contributed by atoms with Gasteiger partial charge in [0.05, 0.1) is 19.3 Å². The van der Waals surface area contributed by atoms with Crippen molar-refractivity contribution in [2.45, 2.75) is 10.9 Å². The summed E-state index contributed by atoms with van der Waals surface area (Å²) in [6, 6.07) is 8.88. The molecule has 0 amide bonds. The van der Waals surface area contributed by atoms with E-state index in [1.807, 2.05) is 0 Å². The van der Waals surface area contributed by atoms with E-state index < -0.39 is 0 Å². The number of morpholine rings is 1. The van der Waals surface area contributed by atoms with E-state index in [1.165, 1.54) is 10.5 Å². The van der Waals surface area contributed by atoms with Crippen LogP contribution in [-0.4, -0.2) is 26.0 Å². The molecule has 1 aliphatic rings. The summed E-state index contributed by atoms with van der Waals surface area (Å²) in [5.74, 6) is 0. The normalized spacial score (nSPS) is 22.2. The Labute approximate surface area is 89.0 Å². The zero-order valence-corrected chi connectivity index (χ0v) is 9.14. The Morgan fingerprint density at radius 2 is 2.29 bits per heavy atom. The van der Waals surface area contributed by atoms with Crippen molar-refractivity contribution in [2.24, 2.45) is 0 Å². The molecule has 76 valence electrons. The van der Waals surface area contributed by atoms with Gasteiger partial charge in [-0.2, -0.15) is 0 Å².